The zero-order valence-corrected chi connectivity index (χ0v) is 16.0. The van der Waals surface area contributed by atoms with Gasteiger partial charge >= 0.3 is 0 Å². The van der Waals surface area contributed by atoms with Crippen molar-refractivity contribution in [3.05, 3.63) is 57.6 Å². The maximum Gasteiger partial charge on any atom is 0.273 e. The van der Waals surface area contributed by atoms with Crippen LogP contribution in [0.2, 0.25) is 0 Å². The van der Waals surface area contributed by atoms with E-state index in [1.165, 1.54) is 17.4 Å². The Balaban J connectivity index is 1.55. The highest BCUT2D eigenvalue weighted by atomic mass is 32.1. The minimum absolute atomic E-state index is 0.0768. The van der Waals surface area contributed by atoms with Gasteiger partial charge in [0.15, 0.2) is 5.13 Å². The number of nitro groups is 1. The number of carbonyl (C=O) groups excluding carboxylic acids is 1. The van der Waals surface area contributed by atoms with Gasteiger partial charge in [-0.25, -0.2) is 4.98 Å². The summed E-state index contributed by atoms with van der Waals surface area (Å²) >= 11 is 1.38. The molecule has 144 valence electrons. The number of hydrogen-bond acceptors (Lipinski definition) is 7. The Bertz CT molecular complexity index is 1060. The fourth-order valence-electron chi connectivity index (χ4n) is 3.10. The minimum Gasteiger partial charge on any atom is -0.378 e. The quantitative estimate of drug-likeness (QED) is 0.533. The molecule has 8 nitrogen and oxygen atoms in total. The van der Waals surface area contributed by atoms with Crippen LogP contribution in [-0.2, 0) is 4.74 Å². The van der Waals surface area contributed by atoms with Crippen molar-refractivity contribution < 1.29 is 14.5 Å². The highest BCUT2D eigenvalue weighted by Gasteiger charge is 2.17. The first-order valence-corrected chi connectivity index (χ1v) is 9.62. The standard InChI is InChI=1S/C19H18N4O4S/c1-12-2-3-13(10-16(12)23(25)26)18(24)21-19-20-15-5-4-14(11-17(15)28-19)22-6-8-27-9-7-22/h2-5,10-11H,6-9H2,1H3,(H,20,21,24). The van der Waals surface area contributed by atoms with E-state index in [0.29, 0.717) is 23.9 Å². The zero-order valence-electron chi connectivity index (χ0n) is 15.2. The fourth-order valence-corrected chi connectivity index (χ4v) is 4.00. The molecule has 1 amide bonds. The minimum atomic E-state index is -0.489. The van der Waals surface area contributed by atoms with Crippen LogP contribution in [0.15, 0.2) is 36.4 Å². The Morgan fingerprint density at radius 3 is 2.79 bits per heavy atom. The van der Waals surface area contributed by atoms with Crippen molar-refractivity contribution >= 4 is 44.0 Å². The number of aromatic nitrogens is 1. The van der Waals surface area contributed by atoms with E-state index in [2.05, 4.69) is 21.3 Å². The second-order valence-electron chi connectivity index (χ2n) is 6.48. The molecule has 4 rings (SSSR count). The molecule has 28 heavy (non-hydrogen) atoms. The number of hydrogen-bond donors (Lipinski definition) is 1. The Hall–Kier alpha value is -3.04. The van der Waals surface area contributed by atoms with Gasteiger partial charge in [0.25, 0.3) is 11.6 Å². The fraction of sp³-hybridized carbons (Fsp3) is 0.263. The molecule has 0 aliphatic carbocycles. The first kappa shape index (κ1) is 18.3. The highest BCUT2D eigenvalue weighted by Crippen LogP contribution is 2.30. The van der Waals surface area contributed by atoms with Crippen molar-refractivity contribution in [1.82, 2.24) is 4.98 Å². The summed E-state index contributed by atoms with van der Waals surface area (Å²) in [4.78, 5) is 29.8. The summed E-state index contributed by atoms with van der Waals surface area (Å²) in [5.41, 5.74) is 2.56. The number of fused-ring (bicyclic) bond motifs is 1. The van der Waals surface area contributed by atoms with Crippen LogP contribution < -0.4 is 10.2 Å². The van der Waals surface area contributed by atoms with E-state index in [-0.39, 0.29) is 11.3 Å². The van der Waals surface area contributed by atoms with E-state index in [0.717, 1.165) is 29.0 Å². The van der Waals surface area contributed by atoms with E-state index in [1.54, 1.807) is 19.1 Å². The second kappa shape index (κ2) is 7.53. The number of nitrogens with zero attached hydrogens (tertiary/aromatic N) is 3. The van der Waals surface area contributed by atoms with E-state index in [9.17, 15) is 14.9 Å². The van der Waals surface area contributed by atoms with Crippen LogP contribution in [0, 0.1) is 17.0 Å². The Kier molecular flexibility index (Phi) is 4.93. The van der Waals surface area contributed by atoms with Gasteiger partial charge in [-0.1, -0.05) is 17.4 Å². The van der Waals surface area contributed by atoms with Crippen LogP contribution in [-0.4, -0.2) is 42.1 Å². The summed E-state index contributed by atoms with van der Waals surface area (Å²) in [5.74, 6) is -0.421. The van der Waals surface area contributed by atoms with Gasteiger partial charge in [-0.3, -0.25) is 20.2 Å². The van der Waals surface area contributed by atoms with E-state index in [1.807, 2.05) is 12.1 Å². The number of nitrogens with one attached hydrogen (secondary N) is 1. The van der Waals surface area contributed by atoms with Gasteiger partial charge in [-0.2, -0.15) is 0 Å². The predicted molar refractivity (Wildman–Crippen MR) is 108 cm³/mol. The Morgan fingerprint density at radius 1 is 1.25 bits per heavy atom. The SMILES string of the molecule is Cc1ccc(C(=O)Nc2nc3ccc(N4CCOCC4)cc3s2)cc1[N+](=O)[O-]. The van der Waals surface area contributed by atoms with Crippen molar-refractivity contribution in [2.45, 2.75) is 6.92 Å². The Labute approximate surface area is 164 Å². The lowest BCUT2D eigenvalue weighted by atomic mass is 10.1. The molecule has 1 fully saturated rings. The normalized spacial score (nSPS) is 14.2. The molecule has 0 radical (unpaired) electrons. The number of rotatable bonds is 4. The number of morpholine rings is 1. The first-order valence-electron chi connectivity index (χ1n) is 8.81. The molecule has 0 unspecified atom stereocenters. The maximum absolute atomic E-state index is 12.5. The number of thiazole rings is 1. The largest absolute Gasteiger partial charge is 0.378 e. The van der Waals surface area contributed by atoms with Gasteiger partial charge in [0, 0.05) is 36.0 Å². The molecule has 1 aliphatic rings. The van der Waals surface area contributed by atoms with Gasteiger partial charge < -0.3 is 9.64 Å². The monoisotopic (exact) mass is 398 g/mol. The molecule has 0 spiro atoms. The molecule has 9 heteroatoms. The lowest BCUT2D eigenvalue weighted by molar-refractivity contribution is -0.385. The number of amides is 1. The number of nitro benzene ring substituents is 1. The Morgan fingerprint density at radius 2 is 2.04 bits per heavy atom. The summed E-state index contributed by atoms with van der Waals surface area (Å²) < 4.78 is 6.35. The molecule has 1 aliphatic heterocycles. The highest BCUT2D eigenvalue weighted by molar-refractivity contribution is 7.22. The number of aryl methyl sites for hydroxylation is 1. The van der Waals surface area contributed by atoms with Crippen LogP contribution in [0.4, 0.5) is 16.5 Å². The number of ether oxygens (including phenoxy) is 1. The third-order valence-corrected chi connectivity index (χ3v) is 5.57. The van der Waals surface area contributed by atoms with Crippen LogP contribution in [0.5, 0.6) is 0 Å². The van der Waals surface area contributed by atoms with Crippen molar-refractivity contribution in [2.75, 3.05) is 36.5 Å². The number of carbonyl (C=O) groups is 1. The number of anilines is 2. The molecule has 2 aromatic carbocycles. The predicted octanol–water partition coefficient (Wildman–Crippen LogP) is 3.60. The molecular weight excluding hydrogens is 380 g/mol. The van der Waals surface area contributed by atoms with Gasteiger partial charge in [-0.15, -0.1) is 0 Å². The zero-order chi connectivity index (χ0) is 19.7. The van der Waals surface area contributed by atoms with Crippen molar-refractivity contribution in [1.29, 1.82) is 0 Å². The van der Waals surface area contributed by atoms with Crippen LogP contribution in [0.25, 0.3) is 10.2 Å². The molecule has 1 aromatic heterocycles. The average Bonchev–Trinajstić information content (AvgIpc) is 3.10. The van der Waals surface area contributed by atoms with Gasteiger partial charge in [0.2, 0.25) is 0 Å². The smallest absolute Gasteiger partial charge is 0.273 e. The van der Waals surface area contributed by atoms with Gasteiger partial charge in [0.05, 0.1) is 28.4 Å². The van der Waals surface area contributed by atoms with Crippen LogP contribution in [0.1, 0.15) is 15.9 Å². The average molecular weight is 398 g/mol. The summed E-state index contributed by atoms with van der Waals surface area (Å²) in [6.07, 6.45) is 0. The lowest BCUT2D eigenvalue weighted by Crippen LogP contribution is -2.36. The topological polar surface area (TPSA) is 97.6 Å². The molecule has 2 heterocycles. The van der Waals surface area contributed by atoms with Crippen LogP contribution >= 0.6 is 11.3 Å². The van der Waals surface area contributed by atoms with Crippen LogP contribution in [0.3, 0.4) is 0 Å². The first-order chi connectivity index (χ1) is 13.5. The second-order valence-corrected chi connectivity index (χ2v) is 7.51. The van der Waals surface area contributed by atoms with Crippen molar-refractivity contribution in [3.8, 4) is 0 Å². The third-order valence-electron chi connectivity index (χ3n) is 4.64. The van der Waals surface area contributed by atoms with Gasteiger partial charge in [0.1, 0.15) is 0 Å². The number of benzene rings is 2. The van der Waals surface area contributed by atoms with E-state index in [4.69, 9.17) is 4.74 Å². The lowest BCUT2D eigenvalue weighted by Gasteiger charge is -2.28. The summed E-state index contributed by atoms with van der Waals surface area (Å²) in [7, 11) is 0. The summed E-state index contributed by atoms with van der Waals surface area (Å²) in [6, 6.07) is 10.4. The summed E-state index contributed by atoms with van der Waals surface area (Å²) in [6.45, 7) is 4.76. The third kappa shape index (κ3) is 3.67. The maximum atomic E-state index is 12.5. The van der Waals surface area contributed by atoms with E-state index < -0.39 is 10.8 Å². The molecule has 0 atom stereocenters. The van der Waals surface area contributed by atoms with Gasteiger partial charge in [-0.05, 0) is 31.2 Å². The molecule has 1 N–H and O–H groups in total. The molecular formula is C19H18N4O4S. The van der Waals surface area contributed by atoms with Crippen molar-refractivity contribution in [2.24, 2.45) is 0 Å². The molecule has 3 aromatic rings. The van der Waals surface area contributed by atoms with E-state index >= 15 is 0 Å². The molecule has 1 saturated heterocycles. The molecule has 0 bridgehead atoms. The van der Waals surface area contributed by atoms with Crippen molar-refractivity contribution in [3.63, 3.8) is 0 Å². The summed E-state index contributed by atoms with van der Waals surface area (Å²) in [5, 5.41) is 14.3. The molecule has 0 saturated carbocycles.